The second-order valence-corrected chi connectivity index (χ2v) is 4.41. The van der Waals surface area contributed by atoms with Crippen LogP contribution in [0.25, 0.3) is 0 Å². The smallest absolute Gasteiger partial charge is 0.411 e. The molecule has 0 saturated heterocycles. The third-order valence-corrected chi connectivity index (χ3v) is 3.08. The average molecular weight is 278 g/mol. The molecule has 0 aromatic heterocycles. The number of rotatable bonds is 3. The molecule has 0 radical (unpaired) electrons. The van der Waals surface area contributed by atoms with Crippen LogP contribution < -0.4 is 5.32 Å². The minimum absolute atomic E-state index is 0.0573. The molecule has 0 spiro atoms. The summed E-state index contributed by atoms with van der Waals surface area (Å²) in [5, 5.41) is 13.4. The van der Waals surface area contributed by atoms with E-state index in [1.54, 1.807) is 6.92 Å². The number of hydrogen-bond acceptors (Lipinski definition) is 5. The van der Waals surface area contributed by atoms with Gasteiger partial charge in [-0.3, -0.25) is 20.2 Å². The maximum absolute atomic E-state index is 11.8. The number of nitrogens with one attached hydrogen (secondary N) is 1. The molecule has 1 aliphatic rings. The van der Waals surface area contributed by atoms with Crippen molar-refractivity contribution in [1.82, 2.24) is 0 Å². The Bertz CT molecular complexity index is 582. The largest absolute Gasteiger partial charge is 0.450 e. The first-order chi connectivity index (χ1) is 9.52. The van der Waals surface area contributed by atoms with Gasteiger partial charge < -0.3 is 4.74 Å². The van der Waals surface area contributed by atoms with Crippen LogP contribution in [0.2, 0.25) is 0 Å². The first kappa shape index (κ1) is 14.0. The summed E-state index contributed by atoms with van der Waals surface area (Å²) in [6.45, 7) is 1.81. The van der Waals surface area contributed by atoms with Crippen molar-refractivity contribution in [2.24, 2.45) is 0 Å². The first-order valence-electron chi connectivity index (χ1n) is 6.31. The Hall–Kier alpha value is -2.44. The standard InChI is InChI=1S/C13H14N2O5/c1-2-20-13(17)14-10-6-8-4-3-5-12(16)9(8)7-11(10)15(18)19/h6-7H,2-5H2,1H3,(H,14,17). The summed E-state index contributed by atoms with van der Waals surface area (Å²) in [6, 6.07) is 2.72. The lowest BCUT2D eigenvalue weighted by Crippen LogP contribution is -2.17. The third kappa shape index (κ3) is 2.76. The van der Waals surface area contributed by atoms with Crippen molar-refractivity contribution >= 4 is 23.3 Å². The lowest BCUT2D eigenvalue weighted by molar-refractivity contribution is -0.384. The second-order valence-electron chi connectivity index (χ2n) is 4.41. The van der Waals surface area contributed by atoms with Crippen molar-refractivity contribution in [3.05, 3.63) is 33.4 Å². The summed E-state index contributed by atoms with van der Waals surface area (Å²) in [6.07, 6.45) is 1.02. The number of nitro benzene ring substituents is 1. The van der Waals surface area contributed by atoms with E-state index in [0.29, 0.717) is 24.8 Å². The molecule has 0 unspecified atom stereocenters. The van der Waals surface area contributed by atoms with Gasteiger partial charge in [-0.2, -0.15) is 0 Å². The molecular weight excluding hydrogens is 264 g/mol. The van der Waals surface area contributed by atoms with Crippen LogP contribution in [-0.4, -0.2) is 23.4 Å². The molecule has 1 aromatic rings. The molecule has 2 rings (SSSR count). The minimum Gasteiger partial charge on any atom is -0.450 e. The molecular formula is C13H14N2O5. The van der Waals surface area contributed by atoms with Crippen molar-refractivity contribution in [3.63, 3.8) is 0 Å². The molecule has 7 nitrogen and oxygen atoms in total. The van der Waals surface area contributed by atoms with Crippen LogP contribution in [0, 0.1) is 10.1 Å². The number of ketones is 1. The monoisotopic (exact) mass is 278 g/mol. The van der Waals surface area contributed by atoms with Crippen molar-refractivity contribution in [2.75, 3.05) is 11.9 Å². The number of aryl methyl sites for hydroxylation is 1. The van der Waals surface area contributed by atoms with Crippen molar-refractivity contribution in [3.8, 4) is 0 Å². The molecule has 0 fully saturated rings. The molecule has 0 saturated carbocycles. The summed E-state index contributed by atoms with van der Waals surface area (Å²) < 4.78 is 4.71. The van der Waals surface area contributed by atoms with Crippen LogP contribution in [0.1, 0.15) is 35.7 Å². The average Bonchev–Trinajstić information content (AvgIpc) is 2.38. The van der Waals surface area contributed by atoms with E-state index >= 15 is 0 Å². The van der Waals surface area contributed by atoms with Gasteiger partial charge in [-0.1, -0.05) is 0 Å². The molecule has 7 heteroatoms. The van der Waals surface area contributed by atoms with Gasteiger partial charge in [0, 0.05) is 18.1 Å². The number of fused-ring (bicyclic) bond motifs is 1. The quantitative estimate of drug-likeness (QED) is 0.677. The zero-order valence-corrected chi connectivity index (χ0v) is 11.0. The number of benzene rings is 1. The number of amides is 1. The maximum atomic E-state index is 11.8. The summed E-state index contributed by atoms with van der Waals surface area (Å²) in [5.74, 6) is -0.1000. The van der Waals surface area contributed by atoms with E-state index in [4.69, 9.17) is 4.74 Å². The van der Waals surface area contributed by atoms with Crippen LogP contribution in [-0.2, 0) is 11.2 Å². The first-order valence-corrected chi connectivity index (χ1v) is 6.31. The Labute approximate surface area is 115 Å². The van der Waals surface area contributed by atoms with E-state index in [-0.39, 0.29) is 23.8 Å². The topological polar surface area (TPSA) is 98.5 Å². The summed E-state index contributed by atoms with van der Waals surface area (Å²) >= 11 is 0. The van der Waals surface area contributed by atoms with E-state index < -0.39 is 11.0 Å². The summed E-state index contributed by atoms with van der Waals surface area (Å²) in [5.41, 5.74) is 0.852. The van der Waals surface area contributed by atoms with Gasteiger partial charge >= 0.3 is 6.09 Å². The highest BCUT2D eigenvalue weighted by Gasteiger charge is 2.25. The van der Waals surface area contributed by atoms with Gasteiger partial charge in [0.1, 0.15) is 5.69 Å². The van der Waals surface area contributed by atoms with E-state index in [1.165, 1.54) is 12.1 Å². The summed E-state index contributed by atoms with van der Waals surface area (Å²) in [4.78, 5) is 33.6. The fourth-order valence-corrected chi connectivity index (χ4v) is 2.20. The fourth-order valence-electron chi connectivity index (χ4n) is 2.20. The molecule has 1 amide bonds. The van der Waals surface area contributed by atoms with Gasteiger partial charge in [0.25, 0.3) is 5.69 Å². The Balaban J connectivity index is 2.42. The third-order valence-electron chi connectivity index (χ3n) is 3.08. The Morgan fingerprint density at radius 1 is 1.45 bits per heavy atom. The maximum Gasteiger partial charge on any atom is 0.411 e. The number of nitrogens with zero attached hydrogens (tertiary/aromatic N) is 1. The lowest BCUT2D eigenvalue weighted by Gasteiger charge is -2.16. The van der Waals surface area contributed by atoms with Crippen LogP contribution >= 0.6 is 0 Å². The lowest BCUT2D eigenvalue weighted by atomic mass is 9.90. The van der Waals surface area contributed by atoms with Crippen LogP contribution in [0.15, 0.2) is 12.1 Å². The van der Waals surface area contributed by atoms with E-state index in [0.717, 1.165) is 5.56 Å². The Kier molecular flexibility index (Phi) is 3.97. The Morgan fingerprint density at radius 2 is 2.20 bits per heavy atom. The predicted molar refractivity (Wildman–Crippen MR) is 71.0 cm³/mol. The zero-order chi connectivity index (χ0) is 14.7. The molecule has 0 bridgehead atoms. The molecule has 0 atom stereocenters. The van der Waals surface area contributed by atoms with Gasteiger partial charge in [-0.05, 0) is 31.4 Å². The number of carbonyl (C=O) groups is 2. The molecule has 106 valence electrons. The number of anilines is 1. The molecule has 1 aliphatic carbocycles. The fraction of sp³-hybridized carbons (Fsp3) is 0.385. The van der Waals surface area contributed by atoms with Crippen LogP contribution in [0.5, 0.6) is 0 Å². The summed E-state index contributed by atoms with van der Waals surface area (Å²) in [7, 11) is 0. The predicted octanol–water partition coefficient (Wildman–Crippen LogP) is 2.68. The normalized spacial score (nSPS) is 13.6. The van der Waals surface area contributed by atoms with Crippen molar-refractivity contribution in [2.45, 2.75) is 26.2 Å². The van der Waals surface area contributed by atoms with E-state index in [2.05, 4.69) is 5.32 Å². The zero-order valence-electron chi connectivity index (χ0n) is 11.0. The highest BCUT2D eigenvalue weighted by Crippen LogP contribution is 2.32. The number of Topliss-reactive ketones (excluding diaryl/α,β-unsaturated/α-hetero) is 1. The molecule has 20 heavy (non-hydrogen) atoms. The highest BCUT2D eigenvalue weighted by atomic mass is 16.6. The number of hydrogen-bond donors (Lipinski definition) is 1. The number of carbonyl (C=O) groups excluding carboxylic acids is 2. The van der Waals surface area contributed by atoms with Gasteiger partial charge in [0.2, 0.25) is 0 Å². The molecule has 1 aromatic carbocycles. The van der Waals surface area contributed by atoms with E-state index in [1.807, 2.05) is 0 Å². The molecule has 1 N–H and O–H groups in total. The SMILES string of the molecule is CCOC(=O)Nc1cc2c(cc1[N+](=O)[O-])C(=O)CCC2. The van der Waals surface area contributed by atoms with Gasteiger partial charge in [-0.25, -0.2) is 4.79 Å². The Morgan fingerprint density at radius 3 is 2.85 bits per heavy atom. The number of ether oxygens (including phenoxy) is 1. The van der Waals surface area contributed by atoms with E-state index in [9.17, 15) is 19.7 Å². The van der Waals surface area contributed by atoms with Gasteiger partial charge in [-0.15, -0.1) is 0 Å². The van der Waals surface area contributed by atoms with Crippen LogP contribution in [0.4, 0.5) is 16.2 Å². The van der Waals surface area contributed by atoms with Crippen molar-refractivity contribution in [1.29, 1.82) is 0 Å². The van der Waals surface area contributed by atoms with Gasteiger partial charge in [0.05, 0.1) is 11.5 Å². The highest BCUT2D eigenvalue weighted by molar-refractivity contribution is 6.00. The van der Waals surface area contributed by atoms with Crippen LogP contribution in [0.3, 0.4) is 0 Å². The molecule has 0 aliphatic heterocycles. The molecule has 0 heterocycles. The minimum atomic E-state index is -0.752. The number of nitro groups is 1. The van der Waals surface area contributed by atoms with Gasteiger partial charge in [0.15, 0.2) is 5.78 Å². The van der Waals surface area contributed by atoms with Crippen molar-refractivity contribution < 1.29 is 19.2 Å². The second kappa shape index (κ2) is 5.68.